The number of hydrogen-bond donors (Lipinski definition) is 0. The molecular formula is C10H16. The summed E-state index contributed by atoms with van der Waals surface area (Å²) >= 11 is 0. The first-order chi connectivity index (χ1) is 4.65. The molecule has 1 saturated carbocycles. The van der Waals surface area contributed by atoms with Crippen molar-refractivity contribution >= 4 is 0 Å². The van der Waals surface area contributed by atoms with Crippen LogP contribution in [0.2, 0.25) is 0 Å². The SMILES string of the molecule is C=C=C1CC1(C)C(C)CC. The highest BCUT2D eigenvalue weighted by Gasteiger charge is 2.47. The molecule has 0 aromatic heterocycles. The maximum atomic E-state index is 3.67. The standard InChI is InChI=1S/C10H16/c1-5-8(3)10(4)7-9(10)6-2/h8H,2,5,7H2,1,3-4H3. The van der Waals surface area contributed by atoms with E-state index in [1.807, 2.05) is 0 Å². The Hall–Kier alpha value is -0.480. The van der Waals surface area contributed by atoms with E-state index >= 15 is 0 Å². The Morgan fingerprint density at radius 3 is 2.70 bits per heavy atom. The van der Waals surface area contributed by atoms with Crippen LogP contribution in [-0.2, 0) is 0 Å². The second-order valence-electron chi connectivity index (χ2n) is 3.56. The van der Waals surface area contributed by atoms with Crippen molar-refractivity contribution in [1.29, 1.82) is 0 Å². The quantitative estimate of drug-likeness (QED) is 0.511. The molecule has 0 heterocycles. The minimum absolute atomic E-state index is 0.469. The summed E-state index contributed by atoms with van der Waals surface area (Å²) in [4.78, 5) is 0. The fourth-order valence-corrected chi connectivity index (χ4v) is 1.51. The molecule has 2 atom stereocenters. The van der Waals surface area contributed by atoms with Gasteiger partial charge in [-0.15, -0.1) is 5.73 Å². The van der Waals surface area contributed by atoms with Crippen molar-refractivity contribution in [2.45, 2.75) is 33.6 Å². The monoisotopic (exact) mass is 136 g/mol. The molecule has 0 bridgehead atoms. The lowest BCUT2D eigenvalue weighted by Crippen LogP contribution is -2.06. The minimum atomic E-state index is 0.469. The number of rotatable bonds is 2. The summed E-state index contributed by atoms with van der Waals surface area (Å²) in [7, 11) is 0. The Morgan fingerprint density at radius 2 is 2.40 bits per heavy atom. The van der Waals surface area contributed by atoms with Crippen LogP contribution in [0.1, 0.15) is 33.6 Å². The van der Waals surface area contributed by atoms with Crippen LogP contribution in [0.4, 0.5) is 0 Å². The van der Waals surface area contributed by atoms with Gasteiger partial charge in [-0.25, -0.2) is 0 Å². The van der Waals surface area contributed by atoms with Crippen molar-refractivity contribution < 1.29 is 0 Å². The van der Waals surface area contributed by atoms with Gasteiger partial charge < -0.3 is 0 Å². The van der Waals surface area contributed by atoms with Gasteiger partial charge in [0, 0.05) is 5.41 Å². The predicted octanol–water partition coefficient (Wildman–Crippen LogP) is 3.15. The van der Waals surface area contributed by atoms with E-state index in [0.29, 0.717) is 5.41 Å². The number of hydrogen-bond acceptors (Lipinski definition) is 0. The van der Waals surface area contributed by atoms with Crippen LogP contribution in [0, 0.1) is 11.3 Å². The normalized spacial score (nSPS) is 33.3. The van der Waals surface area contributed by atoms with Crippen LogP contribution in [0.3, 0.4) is 0 Å². The lowest BCUT2D eigenvalue weighted by molar-refractivity contribution is 0.373. The van der Waals surface area contributed by atoms with Gasteiger partial charge in [0.1, 0.15) is 0 Å². The van der Waals surface area contributed by atoms with E-state index in [0.717, 1.165) is 5.92 Å². The topological polar surface area (TPSA) is 0 Å². The van der Waals surface area contributed by atoms with Crippen molar-refractivity contribution in [1.82, 2.24) is 0 Å². The second kappa shape index (κ2) is 2.29. The highest BCUT2D eigenvalue weighted by atomic mass is 14.5. The van der Waals surface area contributed by atoms with Crippen molar-refractivity contribution in [3.8, 4) is 0 Å². The summed E-state index contributed by atoms with van der Waals surface area (Å²) in [6, 6.07) is 0. The Kier molecular flexibility index (Phi) is 1.74. The van der Waals surface area contributed by atoms with Gasteiger partial charge >= 0.3 is 0 Å². The molecule has 0 spiro atoms. The molecule has 0 amide bonds. The molecular weight excluding hydrogens is 120 g/mol. The molecule has 1 aliphatic rings. The minimum Gasteiger partial charge on any atom is -0.129 e. The van der Waals surface area contributed by atoms with Crippen molar-refractivity contribution in [3.05, 3.63) is 17.9 Å². The summed E-state index contributed by atoms with van der Waals surface area (Å²) in [5, 5.41) is 0. The van der Waals surface area contributed by atoms with Gasteiger partial charge in [0.2, 0.25) is 0 Å². The first-order valence-electron chi connectivity index (χ1n) is 4.04. The molecule has 0 aromatic carbocycles. The van der Waals surface area contributed by atoms with E-state index in [-0.39, 0.29) is 0 Å². The molecule has 10 heavy (non-hydrogen) atoms. The molecule has 0 N–H and O–H groups in total. The van der Waals surface area contributed by atoms with Crippen LogP contribution in [0.15, 0.2) is 17.9 Å². The number of allylic oxidation sites excluding steroid dienone is 1. The van der Waals surface area contributed by atoms with Crippen molar-refractivity contribution in [2.75, 3.05) is 0 Å². The van der Waals surface area contributed by atoms with Crippen molar-refractivity contribution in [2.24, 2.45) is 11.3 Å². The fraction of sp³-hybridized carbons (Fsp3) is 0.700. The Balaban J connectivity index is 2.67. The van der Waals surface area contributed by atoms with E-state index < -0.39 is 0 Å². The molecule has 0 nitrogen and oxygen atoms in total. The van der Waals surface area contributed by atoms with Gasteiger partial charge in [-0.2, -0.15) is 0 Å². The molecule has 0 saturated heterocycles. The lowest BCUT2D eigenvalue weighted by atomic mass is 9.90. The molecule has 1 aliphatic carbocycles. The van der Waals surface area contributed by atoms with Crippen LogP contribution >= 0.6 is 0 Å². The van der Waals surface area contributed by atoms with Crippen molar-refractivity contribution in [3.63, 3.8) is 0 Å². The smallest absolute Gasteiger partial charge is 0.00285 e. The van der Waals surface area contributed by atoms with E-state index in [2.05, 4.69) is 33.1 Å². The van der Waals surface area contributed by atoms with Crippen LogP contribution in [0.5, 0.6) is 0 Å². The molecule has 56 valence electrons. The average Bonchev–Trinajstić information content (AvgIpc) is 2.61. The largest absolute Gasteiger partial charge is 0.129 e. The van der Waals surface area contributed by atoms with Gasteiger partial charge in [-0.1, -0.05) is 33.8 Å². The van der Waals surface area contributed by atoms with Crippen LogP contribution in [-0.4, -0.2) is 0 Å². The highest BCUT2D eigenvalue weighted by Crippen LogP contribution is 2.57. The van der Waals surface area contributed by atoms with E-state index in [1.54, 1.807) is 0 Å². The Morgan fingerprint density at radius 1 is 1.80 bits per heavy atom. The van der Waals surface area contributed by atoms with Gasteiger partial charge in [-0.3, -0.25) is 0 Å². The van der Waals surface area contributed by atoms with Gasteiger partial charge in [0.25, 0.3) is 0 Å². The zero-order valence-electron chi connectivity index (χ0n) is 7.20. The molecule has 1 fully saturated rings. The first kappa shape index (κ1) is 7.63. The fourth-order valence-electron chi connectivity index (χ4n) is 1.51. The third kappa shape index (κ3) is 0.932. The summed E-state index contributed by atoms with van der Waals surface area (Å²) in [6.07, 6.45) is 2.49. The predicted molar refractivity (Wildman–Crippen MR) is 44.8 cm³/mol. The zero-order chi connectivity index (χ0) is 7.78. The van der Waals surface area contributed by atoms with Gasteiger partial charge in [0.15, 0.2) is 0 Å². The average molecular weight is 136 g/mol. The summed E-state index contributed by atoms with van der Waals surface area (Å²) in [5.41, 5.74) is 4.91. The molecule has 0 aromatic rings. The molecule has 2 unspecified atom stereocenters. The van der Waals surface area contributed by atoms with Crippen LogP contribution < -0.4 is 0 Å². The van der Waals surface area contributed by atoms with E-state index in [4.69, 9.17) is 0 Å². The Labute approximate surface area is 63.6 Å². The van der Waals surface area contributed by atoms with E-state index in [1.165, 1.54) is 18.4 Å². The first-order valence-corrected chi connectivity index (χ1v) is 4.04. The molecule has 0 aliphatic heterocycles. The summed E-state index contributed by atoms with van der Waals surface area (Å²) in [5.74, 6) is 0.803. The summed E-state index contributed by atoms with van der Waals surface area (Å²) < 4.78 is 0. The maximum absolute atomic E-state index is 3.67. The molecule has 0 radical (unpaired) electrons. The van der Waals surface area contributed by atoms with E-state index in [9.17, 15) is 0 Å². The maximum Gasteiger partial charge on any atom is 0.00285 e. The Bertz CT molecular complexity index is 184. The third-order valence-corrected chi connectivity index (χ3v) is 3.02. The van der Waals surface area contributed by atoms with Gasteiger partial charge in [-0.05, 0) is 17.9 Å². The van der Waals surface area contributed by atoms with Gasteiger partial charge in [0.05, 0.1) is 0 Å². The zero-order valence-corrected chi connectivity index (χ0v) is 7.20. The molecule has 1 rings (SSSR count). The van der Waals surface area contributed by atoms with Crippen LogP contribution in [0.25, 0.3) is 0 Å². The third-order valence-electron chi connectivity index (χ3n) is 3.02. The lowest BCUT2D eigenvalue weighted by Gasteiger charge is -2.14. The summed E-state index contributed by atoms with van der Waals surface area (Å²) in [6.45, 7) is 10.5. The molecule has 0 heteroatoms. The second-order valence-corrected chi connectivity index (χ2v) is 3.56. The highest BCUT2D eigenvalue weighted by molar-refractivity contribution is 5.30.